The second kappa shape index (κ2) is 7.84. The van der Waals surface area contributed by atoms with E-state index in [0.717, 1.165) is 25.1 Å². The number of benzene rings is 2. The maximum Gasteiger partial charge on any atom is 0.182 e. The monoisotopic (exact) mass is 301 g/mol. The number of halogens is 1. The normalized spacial score (nSPS) is 10.4. The number of carbonyl (C=O) groups is 1. The van der Waals surface area contributed by atoms with Gasteiger partial charge < -0.3 is 4.90 Å². The van der Waals surface area contributed by atoms with E-state index in [4.69, 9.17) is 11.6 Å². The number of carbonyl (C=O) groups excluding carboxylic acids is 1. The Bertz CT molecular complexity index is 583. The van der Waals surface area contributed by atoms with Gasteiger partial charge in [-0.15, -0.1) is 0 Å². The average molecular weight is 302 g/mol. The van der Waals surface area contributed by atoms with Crippen molar-refractivity contribution < 1.29 is 4.79 Å². The van der Waals surface area contributed by atoms with Crippen LogP contribution in [0.1, 0.15) is 30.1 Å². The summed E-state index contributed by atoms with van der Waals surface area (Å²) in [5.74, 6) is 0.0949. The van der Waals surface area contributed by atoms with Crippen LogP contribution in [0.4, 0.5) is 5.69 Å². The van der Waals surface area contributed by atoms with Crippen LogP contribution in [-0.4, -0.2) is 18.9 Å². The van der Waals surface area contributed by atoms with Gasteiger partial charge in [0, 0.05) is 22.8 Å². The predicted molar refractivity (Wildman–Crippen MR) is 89.3 cm³/mol. The van der Waals surface area contributed by atoms with Crippen LogP contribution in [0.3, 0.4) is 0 Å². The van der Waals surface area contributed by atoms with E-state index < -0.39 is 0 Å². The smallest absolute Gasteiger partial charge is 0.182 e. The molecule has 0 aliphatic heterocycles. The molecule has 0 spiro atoms. The van der Waals surface area contributed by atoms with E-state index in [1.807, 2.05) is 42.5 Å². The largest absolute Gasteiger partial charge is 0.364 e. The number of ketones is 1. The second-order valence-electron chi connectivity index (χ2n) is 5.04. The number of unbranched alkanes of at least 4 members (excludes halogenated alkanes) is 1. The minimum Gasteiger partial charge on any atom is -0.364 e. The summed E-state index contributed by atoms with van der Waals surface area (Å²) in [6.45, 7) is 3.42. The predicted octanol–water partition coefficient (Wildman–Crippen LogP) is 4.83. The van der Waals surface area contributed by atoms with Crippen LogP contribution in [0.25, 0.3) is 0 Å². The average Bonchev–Trinajstić information content (AvgIpc) is 2.52. The Morgan fingerprint density at radius 1 is 1.10 bits per heavy atom. The standard InChI is InChI=1S/C18H20ClNO/c1-2-3-12-20(17-10-5-4-6-11-17)14-18(21)15-8-7-9-16(19)13-15/h4-11,13H,2-3,12,14H2,1H3. The molecule has 2 nitrogen and oxygen atoms in total. The summed E-state index contributed by atoms with van der Waals surface area (Å²) in [7, 11) is 0. The van der Waals surface area contributed by atoms with E-state index in [2.05, 4.69) is 11.8 Å². The first-order valence-electron chi connectivity index (χ1n) is 7.29. The Labute approximate surface area is 131 Å². The molecule has 0 saturated heterocycles. The summed E-state index contributed by atoms with van der Waals surface area (Å²) in [6, 6.07) is 17.2. The van der Waals surface area contributed by atoms with Gasteiger partial charge in [0.25, 0.3) is 0 Å². The summed E-state index contributed by atoms with van der Waals surface area (Å²) >= 11 is 5.96. The molecule has 0 N–H and O–H groups in total. The molecule has 0 aromatic heterocycles. The highest BCUT2D eigenvalue weighted by atomic mass is 35.5. The highest BCUT2D eigenvalue weighted by molar-refractivity contribution is 6.31. The number of para-hydroxylation sites is 1. The van der Waals surface area contributed by atoms with Crippen LogP contribution in [0.5, 0.6) is 0 Å². The fraction of sp³-hybridized carbons (Fsp3) is 0.278. The first-order valence-corrected chi connectivity index (χ1v) is 7.67. The SMILES string of the molecule is CCCCN(CC(=O)c1cccc(Cl)c1)c1ccccc1. The van der Waals surface area contributed by atoms with Crippen molar-refractivity contribution in [3.8, 4) is 0 Å². The minimum absolute atomic E-state index is 0.0949. The van der Waals surface area contributed by atoms with Gasteiger partial charge in [0.1, 0.15) is 0 Å². The molecule has 2 aromatic rings. The van der Waals surface area contributed by atoms with Crippen LogP contribution >= 0.6 is 11.6 Å². The molecular weight excluding hydrogens is 282 g/mol. The Morgan fingerprint density at radius 3 is 2.52 bits per heavy atom. The molecular formula is C18H20ClNO. The summed E-state index contributed by atoms with van der Waals surface area (Å²) < 4.78 is 0. The summed E-state index contributed by atoms with van der Waals surface area (Å²) in [6.07, 6.45) is 2.17. The molecule has 0 atom stereocenters. The van der Waals surface area contributed by atoms with E-state index >= 15 is 0 Å². The van der Waals surface area contributed by atoms with Crippen LogP contribution < -0.4 is 4.90 Å². The quantitative estimate of drug-likeness (QED) is 0.683. The molecule has 0 aliphatic carbocycles. The zero-order chi connectivity index (χ0) is 15.1. The second-order valence-corrected chi connectivity index (χ2v) is 5.48. The first kappa shape index (κ1) is 15.6. The van der Waals surface area contributed by atoms with Crippen molar-refractivity contribution in [2.45, 2.75) is 19.8 Å². The van der Waals surface area contributed by atoms with Crippen molar-refractivity contribution in [1.29, 1.82) is 0 Å². The van der Waals surface area contributed by atoms with Crippen LogP contribution in [0, 0.1) is 0 Å². The molecule has 0 bridgehead atoms. The van der Waals surface area contributed by atoms with Crippen molar-refractivity contribution >= 4 is 23.1 Å². The molecule has 0 aliphatic rings. The summed E-state index contributed by atoms with van der Waals surface area (Å²) in [4.78, 5) is 14.6. The summed E-state index contributed by atoms with van der Waals surface area (Å²) in [5, 5.41) is 0.598. The van der Waals surface area contributed by atoms with Gasteiger partial charge >= 0.3 is 0 Å². The van der Waals surface area contributed by atoms with Crippen molar-refractivity contribution in [1.82, 2.24) is 0 Å². The maximum absolute atomic E-state index is 12.4. The van der Waals surface area contributed by atoms with Gasteiger partial charge in [-0.3, -0.25) is 4.79 Å². The number of anilines is 1. The summed E-state index contributed by atoms with van der Waals surface area (Å²) in [5.41, 5.74) is 1.75. The number of rotatable bonds is 7. The van der Waals surface area contributed by atoms with E-state index in [-0.39, 0.29) is 5.78 Å². The maximum atomic E-state index is 12.4. The van der Waals surface area contributed by atoms with Crippen molar-refractivity contribution in [3.05, 3.63) is 65.2 Å². The lowest BCUT2D eigenvalue weighted by Crippen LogP contribution is -2.30. The number of nitrogens with zero attached hydrogens (tertiary/aromatic N) is 1. The van der Waals surface area contributed by atoms with E-state index in [1.165, 1.54) is 0 Å². The number of Topliss-reactive ketones (excluding diaryl/α,β-unsaturated/α-hetero) is 1. The minimum atomic E-state index is 0.0949. The van der Waals surface area contributed by atoms with E-state index in [1.54, 1.807) is 12.1 Å². The Balaban J connectivity index is 2.13. The van der Waals surface area contributed by atoms with Gasteiger partial charge in [-0.25, -0.2) is 0 Å². The van der Waals surface area contributed by atoms with Crippen molar-refractivity contribution in [2.24, 2.45) is 0 Å². The van der Waals surface area contributed by atoms with Crippen LogP contribution in [-0.2, 0) is 0 Å². The van der Waals surface area contributed by atoms with Gasteiger partial charge in [-0.05, 0) is 30.7 Å². The Kier molecular flexibility index (Phi) is 5.82. The Hall–Kier alpha value is -1.80. The molecule has 0 fully saturated rings. The van der Waals surface area contributed by atoms with Crippen LogP contribution in [0.2, 0.25) is 5.02 Å². The molecule has 21 heavy (non-hydrogen) atoms. The number of hydrogen-bond donors (Lipinski definition) is 0. The third-order valence-corrected chi connectivity index (χ3v) is 3.62. The van der Waals surface area contributed by atoms with Crippen LogP contribution in [0.15, 0.2) is 54.6 Å². The molecule has 2 rings (SSSR count). The molecule has 0 saturated carbocycles. The number of hydrogen-bond acceptors (Lipinski definition) is 2. The zero-order valence-corrected chi connectivity index (χ0v) is 13.0. The third-order valence-electron chi connectivity index (χ3n) is 3.38. The molecule has 0 radical (unpaired) electrons. The molecule has 110 valence electrons. The highest BCUT2D eigenvalue weighted by Gasteiger charge is 2.13. The van der Waals surface area contributed by atoms with Gasteiger partial charge in [0.05, 0.1) is 6.54 Å². The van der Waals surface area contributed by atoms with E-state index in [0.29, 0.717) is 17.1 Å². The van der Waals surface area contributed by atoms with Gasteiger partial charge in [-0.2, -0.15) is 0 Å². The van der Waals surface area contributed by atoms with Crippen molar-refractivity contribution in [2.75, 3.05) is 18.0 Å². The van der Waals surface area contributed by atoms with Crippen molar-refractivity contribution in [3.63, 3.8) is 0 Å². The zero-order valence-electron chi connectivity index (χ0n) is 12.3. The highest BCUT2D eigenvalue weighted by Crippen LogP contribution is 2.16. The third kappa shape index (κ3) is 4.61. The lowest BCUT2D eigenvalue weighted by molar-refractivity contribution is 0.0999. The molecule has 0 unspecified atom stereocenters. The van der Waals surface area contributed by atoms with Gasteiger partial charge in [0.15, 0.2) is 5.78 Å². The van der Waals surface area contributed by atoms with Gasteiger partial charge in [-0.1, -0.05) is 55.3 Å². The molecule has 3 heteroatoms. The fourth-order valence-corrected chi connectivity index (χ4v) is 2.40. The first-order chi connectivity index (χ1) is 10.2. The molecule has 2 aromatic carbocycles. The lowest BCUT2D eigenvalue weighted by atomic mass is 10.1. The Morgan fingerprint density at radius 2 is 1.86 bits per heavy atom. The topological polar surface area (TPSA) is 20.3 Å². The van der Waals surface area contributed by atoms with E-state index in [9.17, 15) is 4.79 Å². The molecule has 0 amide bonds. The molecule has 0 heterocycles. The fourth-order valence-electron chi connectivity index (χ4n) is 2.21. The lowest BCUT2D eigenvalue weighted by Gasteiger charge is -2.24. The van der Waals surface area contributed by atoms with Gasteiger partial charge in [0.2, 0.25) is 0 Å².